The van der Waals surface area contributed by atoms with Gasteiger partial charge < -0.3 is 14.6 Å². The van der Waals surface area contributed by atoms with Crippen molar-refractivity contribution in [1.82, 2.24) is 9.55 Å². The van der Waals surface area contributed by atoms with E-state index in [0.29, 0.717) is 13.0 Å². The van der Waals surface area contributed by atoms with Gasteiger partial charge in [0, 0.05) is 12.3 Å². The van der Waals surface area contributed by atoms with Gasteiger partial charge in [-0.3, -0.25) is 14.3 Å². The molecule has 0 radical (unpaired) electrons. The van der Waals surface area contributed by atoms with E-state index < -0.39 is 35.3 Å². The maximum atomic E-state index is 11.7. The second-order valence-corrected chi connectivity index (χ2v) is 4.66. The number of H-pyrrole nitrogens is 1. The molecule has 1 unspecified atom stereocenters. The first-order valence-electron chi connectivity index (χ1n) is 5.86. The van der Waals surface area contributed by atoms with Crippen LogP contribution in [0, 0.1) is 0 Å². The molecule has 2 fully saturated rings. The highest BCUT2D eigenvalue weighted by atomic mass is 16.6. The maximum Gasteiger partial charge on any atom is 0.330 e. The molecule has 3 heterocycles. The zero-order chi connectivity index (χ0) is 12.9. The van der Waals surface area contributed by atoms with E-state index in [1.807, 2.05) is 6.92 Å². The van der Waals surface area contributed by atoms with Gasteiger partial charge in [0.25, 0.3) is 5.56 Å². The minimum atomic E-state index is -0.758. The van der Waals surface area contributed by atoms with Crippen molar-refractivity contribution in [1.29, 1.82) is 0 Å². The number of aliphatic hydroxyl groups is 1. The topological polar surface area (TPSA) is 93.6 Å². The van der Waals surface area contributed by atoms with Crippen LogP contribution in [0.3, 0.4) is 0 Å². The second kappa shape index (κ2) is 3.78. The number of hydrogen-bond acceptors (Lipinski definition) is 5. The summed E-state index contributed by atoms with van der Waals surface area (Å²) >= 11 is 0. The largest absolute Gasteiger partial charge is 0.387 e. The van der Waals surface area contributed by atoms with E-state index in [1.54, 1.807) is 0 Å². The average molecular weight is 254 g/mol. The predicted octanol–water partition coefficient (Wildman–Crippen LogP) is -1.03. The van der Waals surface area contributed by atoms with Gasteiger partial charge in [0.15, 0.2) is 6.23 Å². The molecule has 1 aromatic rings. The Morgan fingerprint density at radius 3 is 3.00 bits per heavy atom. The molecule has 7 nitrogen and oxygen atoms in total. The Labute approximate surface area is 102 Å². The van der Waals surface area contributed by atoms with Gasteiger partial charge in [-0.05, 0) is 6.42 Å². The highest BCUT2D eigenvalue weighted by molar-refractivity contribution is 5.06. The fraction of sp³-hybridized carbons (Fsp3) is 0.636. The summed E-state index contributed by atoms with van der Waals surface area (Å²) in [6.07, 6.45) is -0.0800. The van der Waals surface area contributed by atoms with Crippen LogP contribution in [-0.2, 0) is 9.47 Å². The molecule has 0 amide bonds. The van der Waals surface area contributed by atoms with Crippen molar-refractivity contribution in [3.63, 3.8) is 0 Å². The number of fused-ring (bicyclic) bond motifs is 2. The number of aliphatic hydroxyl groups excluding tert-OH is 1. The molecule has 2 saturated heterocycles. The summed E-state index contributed by atoms with van der Waals surface area (Å²) < 4.78 is 12.5. The number of nitrogens with zero attached hydrogens (tertiary/aromatic N) is 1. The first-order valence-corrected chi connectivity index (χ1v) is 5.86. The molecule has 2 bridgehead atoms. The first-order chi connectivity index (χ1) is 8.57. The van der Waals surface area contributed by atoms with Crippen molar-refractivity contribution in [2.45, 2.75) is 37.4 Å². The first kappa shape index (κ1) is 11.6. The lowest BCUT2D eigenvalue weighted by atomic mass is 9.96. The SMILES string of the molecule is CC[C@]12COC([C@H](n3ccc(=O)[nH]c3=O)O1)[C@H]2O. The fourth-order valence-electron chi connectivity index (χ4n) is 2.60. The molecule has 7 heteroatoms. The zero-order valence-corrected chi connectivity index (χ0v) is 9.83. The van der Waals surface area contributed by atoms with E-state index in [9.17, 15) is 14.7 Å². The number of aromatic amines is 1. The molecule has 0 aromatic carbocycles. The van der Waals surface area contributed by atoms with Gasteiger partial charge in [-0.25, -0.2) is 4.79 Å². The van der Waals surface area contributed by atoms with Gasteiger partial charge in [0.05, 0.1) is 6.61 Å². The fourth-order valence-corrected chi connectivity index (χ4v) is 2.60. The van der Waals surface area contributed by atoms with Crippen LogP contribution in [-0.4, -0.2) is 39.1 Å². The van der Waals surface area contributed by atoms with Gasteiger partial charge >= 0.3 is 5.69 Å². The molecule has 4 atom stereocenters. The highest BCUT2D eigenvalue weighted by Gasteiger charge is 2.60. The van der Waals surface area contributed by atoms with E-state index in [4.69, 9.17) is 9.47 Å². The van der Waals surface area contributed by atoms with Crippen LogP contribution < -0.4 is 11.2 Å². The van der Waals surface area contributed by atoms with Crippen LogP contribution in [0.2, 0.25) is 0 Å². The van der Waals surface area contributed by atoms with Crippen molar-refractivity contribution >= 4 is 0 Å². The van der Waals surface area contributed by atoms with E-state index in [-0.39, 0.29) is 0 Å². The predicted molar refractivity (Wildman–Crippen MR) is 60.2 cm³/mol. The van der Waals surface area contributed by atoms with Crippen molar-refractivity contribution in [2.24, 2.45) is 0 Å². The van der Waals surface area contributed by atoms with Crippen LogP contribution >= 0.6 is 0 Å². The van der Waals surface area contributed by atoms with Gasteiger partial charge in [-0.2, -0.15) is 0 Å². The van der Waals surface area contributed by atoms with Crippen LogP contribution in [0.1, 0.15) is 19.6 Å². The van der Waals surface area contributed by atoms with Gasteiger partial charge in [-0.15, -0.1) is 0 Å². The number of nitrogens with one attached hydrogen (secondary N) is 1. The molecule has 2 N–H and O–H groups in total. The lowest BCUT2D eigenvalue weighted by Crippen LogP contribution is -2.41. The number of ether oxygens (including phenoxy) is 2. The Bertz CT molecular complexity index is 579. The molecule has 0 aliphatic carbocycles. The molecule has 0 saturated carbocycles. The molecule has 98 valence electrons. The van der Waals surface area contributed by atoms with Crippen molar-refractivity contribution in [2.75, 3.05) is 6.61 Å². The summed E-state index contributed by atoms with van der Waals surface area (Å²) in [7, 11) is 0. The Balaban J connectivity index is 2.01. The third-order valence-electron chi connectivity index (χ3n) is 3.73. The van der Waals surface area contributed by atoms with Gasteiger partial charge in [0.1, 0.15) is 17.8 Å². The van der Waals surface area contributed by atoms with Crippen LogP contribution in [0.4, 0.5) is 0 Å². The summed E-state index contributed by atoms with van der Waals surface area (Å²) in [6.45, 7) is 2.22. The minimum absolute atomic E-state index is 0.323. The molecule has 2 aliphatic rings. The summed E-state index contributed by atoms with van der Waals surface area (Å²) in [5.74, 6) is 0. The Morgan fingerprint density at radius 2 is 2.39 bits per heavy atom. The summed E-state index contributed by atoms with van der Waals surface area (Å²) in [5, 5.41) is 10.1. The molecule has 1 aromatic heterocycles. The van der Waals surface area contributed by atoms with Crippen molar-refractivity contribution in [3.8, 4) is 0 Å². The maximum absolute atomic E-state index is 11.7. The average Bonchev–Trinajstić information content (AvgIpc) is 2.81. The van der Waals surface area contributed by atoms with E-state index in [0.717, 1.165) is 0 Å². The zero-order valence-electron chi connectivity index (χ0n) is 9.83. The Morgan fingerprint density at radius 1 is 1.61 bits per heavy atom. The Hall–Kier alpha value is -1.44. The molecular weight excluding hydrogens is 240 g/mol. The second-order valence-electron chi connectivity index (χ2n) is 4.66. The van der Waals surface area contributed by atoms with Crippen LogP contribution in [0.25, 0.3) is 0 Å². The minimum Gasteiger partial charge on any atom is -0.387 e. The van der Waals surface area contributed by atoms with Crippen molar-refractivity contribution < 1.29 is 14.6 Å². The Kier molecular flexibility index (Phi) is 2.44. The molecule has 18 heavy (non-hydrogen) atoms. The summed E-state index contributed by atoms with van der Waals surface area (Å²) in [4.78, 5) is 24.9. The van der Waals surface area contributed by atoms with Crippen LogP contribution in [0.15, 0.2) is 21.9 Å². The molecule has 2 aliphatic heterocycles. The number of hydrogen-bond donors (Lipinski definition) is 2. The summed E-state index contributed by atoms with van der Waals surface area (Å²) in [6, 6.07) is 1.24. The number of rotatable bonds is 2. The molecule has 0 spiro atoms. The van der Waals surface area contributed by atoms with Crippen molar-refractivity contribution in [3.05, 3.63) is 33.1 Å². The van der Waals surface area contributed by atoms with Crippen LogP contribution in [0.5, 0.6) is 0 Å². The summed E-state index contributed by atoms with van der Waals surface area (Å²) in [5.41, 5.74) is -1.78. The van der Waals surface area contributed by atoms with Gasteiger partial charge in [0.2, 0.25) is 0 Å². The smallest absolute Gasteiger partial charge is 0.330 e. The quantitative estimate of drug-likeness (QED) is 0.704. The number of aromatic nitrogens is 2. The monoisotopic (exact) mass is 254 g/mol. The standard InChI is InChI=1S/C11H14N2O5/c1-2-11-5-17-7(8(11)15)9(18-11)13-4-3-6(14)12-10(13)16/h3-4,7-9,15H,2,5H2,1H3,(H,12,14,16)/t7?,8-,9-,11-/m1/s1. The normalized spacial score (nSPS) is 38.2. The van der Waals surface area contributed by atoms with E-state index in [1.165, 1.54) is 16.8 Å². The third kappa shape index (κ3) is 1.41. The molecule has 3 rings (SSSR count). The van der Waals surface area contributed by atoms with Gasteiger partial charge in [-0.1, -0.05) is 6.92 Å². The molecular formula is C11H14N2O5. The lowest BCUT2D eigenvalue weighted by molar-refractivity contribution is -0.175. The third-order valence-corrected chi connectivity index (χ3v) is 3.73. The highest BCUT2D eigenvalue weighted by Crippen LogP contribution is 2.45. The van der Waals surface area contributed by atoms with E-state index in [2.05, 4.69) is 4.98 Å². The lowest BCUT2D eigenvalue weighted by Gasteiger charge is -2.30. The van der Waals surface area contributed by atoms with E-state index >= 15 is 0 Å².